The predicted octanol–water partition coefficient (Wildman–Crippen LogP) is 2.34. The van der Waals surface area contributed by atoms with E-state index in [1.165, 1.54) is 9.13 Å². The smallest absolute Gasteiger partial charge is 0.0409 e. The Morgan fingerprint density at radius 2 is 2.21 bits per heavy atom. The topological polar surface area (TPSA) is 29.3 Å². The molecular formula is C10H14ClIN2. The van der Waals surface area contributed by atoms with E-state index < -0.39 is 0 Å². The van der Waals surface area contributed by atoms with Crippen molar-refractivity contribution in [2.45, 2.75) is 6.54 Å². The van der Waals surface area contributed by atoms with Crippen molar-refractivity contribution in [2.75, 3.05) is 20.1 Å². The van der Waals surface area contributed by atoms with Crippen molar-refractivity contribution in [1.82, 2.24) is 4.90 Å². The second kappa shape index (κ2) is 5.90. The lowest BCUT2D eigenvalue weighted by Crippen LogP contribution is -2.25. The lowest BCUT2D eigenvalue weighted by atomic mass is 10.2. The number of nitrogens with two attached hydrogens (primary N) is 1. The van der Waals surface area contributed by atoms with E-state index >= 15 is 0 Å². The number of halogens is 2. The molecule has 2 N–H and O–H groups in total. The van der Waals surface area contributed by atoms with Crippen LogP contribution in [0.4, 0.5) is 0 Å². The third-order valence-electron chi connectivity index (χ3n) is 1.96. The third kappa shape index (κ3) is 3.73. The summed E-state index contributed by atoms with van der Waals surface area (Å²) in [5.41, 5.74) is 6.74. The van der Waals surface area contributed by atoms with Gasteiger partial charge >= 0.3 is 0 Å². The Bertz CT molecular complexity index is 304. The molecule has 2 nitrogen and oxygen atoms in total. The molecule has 1 rings (SSSR count). The molecule has 0 unspecified atom stereocenters. The minimum atomic E-state index is 0.688. The molecule has 14 heavy (non-hydrogen) atoms. The summed E-state index contributed by atoms with van der Waals surface area (Å²) >= 11 is 8.25. The Hall–Kier alpha value is 0.160. The van der Waals surface area contributed by atoms with E-state index in [-0.39, 0.29) is 0 Å². The predicted molar refractivity (Wildman–Crippen MR) is 69.6 cm³/mol. The summed E-state index contributed by atoms with van der Waals surface area (Å²) < 4.78 is 1.25. The van der Waals surface area contributed by atoms with Crippen LogP contribution in [-0.2, 0) is 6.54 Å². The van der Waals surface area contributed by atoms with E-state index in [0.717, 1.165) is 18.1 Å². The van der Waals surface area contributed by atoms with Crippen molar-refractivity contribution < 1.29 is 0 Å². The molecule has 0 radical (unpaired) electrons. The zero-order chi connectivity index (χ0) is 10.6. The highest BCUT2D eigenvalue weighted by molar-refractivity contribution is 14.1. The van der Waals surface area contributed by atoms with Crippen LogP contribution in [0.5, 0.6) is 0 Å². The molecule has 0 saturated heterocycles. The number of hydrogen-bond donors (Lipinski definition) is 1. The molecule has 0 heterocycles. The molecule has 0 aliphatic heterocycles. The zero-order valence-electron chi connectivity index (χ0n) is 8.13. The number of hydrogen-bond acceptors (Lipinski definition) is 2. The Morgan fingerprint density at radius 3 is 2.86 bits per heavy atom. The molecule has 0 fully saturated rings. The third-order valence-corrected chi connectivity index (χ3v) is 3.25. The first-order valence-corrected chi connectivity index (χ1v) is 5.91. The van der Waals surface area contributed by atoms with Crippen molar-refractivity contribution in [3.63, 3.8) is 0 Å². The Labute approximate surface area is 104 Å². The summed E-state index contributed by atoms with van der Waals surface area (Å²) in [5.74, 6) is 0. The number of rotatable bonds is 4. The molecule has 0 atom stereocenters. The van der Waals surface area contributed by atoms with Gasteiger partial charge in [-0.05, 0) is 53.4 Å². The summed E-state index contributed by atoms with van der Waals surface area (Å²) in [6.45, 7) is 2.49. The molecule has 0 bridgehead atoms. The second-order valence-corrected chi connectivity index (χ2v) is 4.86. The van der Waals surface area contributed by atoms with Crippen LogP contribution in [0.1, 0.15) is 5.56 Å². The minimum Gasteiger partial charge on any atom is -0.329 e. The summed E-state index contributed by atoms with van der Waals surface area (Å²) in [4.78, 5) is 2.19. The first kappa shape index (κ1) is 12.2. The van der Waals surface area contributed by atoms with Crippen molar-refractivity contribution in [3.05, 3.63) is 32.4 Å². The van der Waals surface area contributed by atoms with Crippen LogP contribution in [-0.4, -0.2) is 25.0 Å². The van der Waals surface area contributed by atoms with Crippen molar-refractivity contribution >= 4 is 34.2 Å². The summed E-state index contributed by atoms with van der Waals surface area (Å²) in [7, 11) is 2.06. The molecule has 0 spiro atoms. The van der Waals surface area contributed by atoms with Crippen LogP contribution in [0, 0.1) is 3.57 Å². The lowest BCUT2D eigenvalue weighted by molar-refractivity contribution is 0.335. The summed E-state index contributed by atoms with van der Waals surface area (Å²) in [6.07, 6.45) is 0. The molecule has 0 aliphatic carbocycles. The van der Waals surface area contributed by atoms with E-state index in [2.05, 4.69) is 34.5 Å². The van der Waals surface area contributed by atoms with Crippen LogP contribution in [0.3, 0.4) is 0 Å². The molecule has 78 valence electrons. The van der Waals surface area contributed by atoms with Crippen molar-refractivity contribution in [2.24, 2.45) is 5.73 Å². The quantitative estimate of drug-likeness (QED) is 0.862. The maximum Gasteiger partial charge on any atom is 0.0409 e. The Morgan fingerprint density at radius 1 is 1.50 bits per heavy atom. The first-order valence-electron chi connectivity index (χ1n) is 4.46. The van der Waals surface area contributed by atoms with Gasteiger partial charge in [-0.3, -0.25) is 0 Å². The SMILES string of the molecule is CN(CCN)Cc1cc(Cl)ccc1I. The monoisotopic (exact) mass is 324 g/mol. The number of likely N-dealkylation sites (N-methyl/N-ethyl adjacent to an activating group) is 1. The van der Waals surface area contributed by atoms with E-state index in [0.29, 0.717) is 6.54 Å². The Balaban J connectivity index is 2.70. The van der Waals surface area contributed by atoms with E-state index in [1.54, 1.807) is 0 Å². The van der Waals surface area contributed by atoms with Crippen molar-refractivity contribution in [1.29, 1.82) is 0 Å². The summed E-state index contributed by atoms with van der Waals surface area (Å²) in [5, 5.41) is 0.793. The molecule has 4 heteroatoms. The van der Waals surface area contributed by atoms with Crippen LogP contribution in [0.15, 0.2) is 18.2 Å². The van der Waals surface area contributed by atoms with Gasteiger partial charge in [-0.15, -0.1) is 0 Å². The Kier molecular flexibility index (Phi) is 5.15. The first-order chi connectivity index (χ1) is 6.63. The maximum atomic E-state index is 5.93. The van der Waals surface area contributed by atoms with Crippen LogP contribution >= 0.6 is 34.2 Å². The van der Waals surface area contributed by atoms with E-state index in [9.17, 15) is 0 Å². The van der Waals surface area contributed by atoms with Gasteiger partial charge in [0.2, 0.25) is 0 Å². The highest BCUT2D eigenvalue weighted by Crippen LogP contribution is 2.18. The van der Waals surface area contributed by atoms with E-state index in [4.69, 9.17) is 17.3 Å². The lowest BCUT2D eigenvalue weighted by Gasteiger charge is -2.16. The van der Waals surface area contributed by atoms with Gasteiger partial charge in [-0.25, -0.2) is 0 Å². The molecule has 1 aromatic rings. The van der Waals surface area contributed by atoms with Gasteiger partial charge in [0.15, 0.2) is 0 Å². The minimum absolute atomic E-state index is 0.688. The molecule has 0 saturated carbocycles. The van der Waals surface area contributed by atoms with Gasteiger partial charge in [0.1, 0.15) is 0 Å². The average molecular weight is 325 g/mol. The number of benzene rings is 1. The largest absolute Gasteiger partial charge is 0.329 e. The molecule has 0 aliphatic rings. The highest BCUT2D eigenvalue weighted by Gasteiger charge is 2.03. The highest BCUT2D eigenvalue weighted by atomic mass is 127. The van der Waals surface area contributed by atoms with Crippen molar-refractivity contribution in [3.8, 4) is 0 Å². The van der Waals surface area contributed by atoms with Crippen LogP contribution < -0.4 is 5.73 Å². The number of nitrogens with zero attached hydrogens (tertiary/aromatic N) is 1. The molecule has 0 amide bonds. The van der Waals surface area contributed by atoms with Gasteiger partial charge in [0.05, 0.1) is 0 Å². The molecule has 0 aromatic heterocycles. The second-order valence-electron chi connectivity index (χ2n) is 3.26. The molecular weight excluding hydrogens is 310 g/mol. The van der Waals surface area contributed by atoms with Crippen LogP contribution in [0.25, 0.3) is 0 Å². The normalized spacial score (nSPS) is 10.9. The molecule has 1 aromatic carbocycles. The fourth-order valence-corrected chi connectivity index (χ4v) is 1.96. The fourth-order valence-electron chi connectivity index (χ4n) is 1.25. The van der Waals surface area contributed by atoms with Crippen LogP contribution in [0.2, 0.25) is 5.02 Å². The van der Waals surface area contributed by atoms with Gasteiger partial charge in [0, 0.05) is 28.2 Å². The van der Waals surface area contributed by atoms with Gasteiger partial charge in [-0.1, -0.05) is 11.6 Å². The van der Waals surface area contributed by atoms with Gasteiger partial charge < -0.3 is 10.6 Å². The van der Waals surface area contributed by atoms with Gasteiger partial charge in [0.25, 0.3) is 0 Å². The van der Waals surface area contributed by atoms with Gasteiger partial charge in [-0.2, -0.15) is 0 Å². The summed E-state index contributed by atoms with van der Waals surface area (Å²) in [6, 6.07) is 5.96. The van der Waals surface area contributed by atoms with E-state index in [1.807, 2.05) is 18.2 Å². The fraction of sp³-hybridized carbons (Fsp3) is 0.400. The maximum absolute atomic E-state index is 5.93. The zero-order valence-corrected chi connectivity index (χ0v) is 11.0. The standard InChI is InChI=1S/C10H14ClIN2/c1-14(5-4-13)7-8-6-9(11)2-3-10(8)12/h2-3,6H,4-5,7,13H2,1H3. The average Bonchev–Trinajstić information content (AvgIpc) is 2.12.